The maximum Gasteiger partial charge on any atom is 0.307 e. The van der Waals surface area contributed by atoms with Gasteiger partial charge in [-0.05, 0) is 13.3 Å². The number of aliphatic carboxylic acids is 1. The second-order valence-electron chi connectivity index (χ2n) is 4.24. The van der Waals surface area contributed by atoms with Crippen molar-refractivity contribution in [3.8, 4) is 0 Å². The first-order valence-electron chi connectivity index (χ1n) is 5.73. The number of carbonyl (C=O) groups is 1. The molecule has 4 heteroatoms. The first-order chi connectivity index (χ1) is 8.09. The van der Waals surface area contributed by atoms with Crippen molar-refractivity contribution < 1.29 is 15.0 Å². The third kappa shape index (κ3) is 5.47. The van der Waals surface area contributed by atoms with Gasteiger partial charge in [0.2, 0.25) is 0 Å². The number of nitrogens with one attached hydrogen (secondary N) is 1. The zero-order valence-corrected chi connectivity index (χ0v) is 9.97. The Balaban J connectivity index is 0.000000181. The Kier molecular flexibility index (Phi) is 5.66. The fourth-order valence-electron chi connectivity index (χ4n) is 1.64. The van der Waals surface area contributed by atoms with E-state index in [1.165, 1.54) is 5.56 Å². The average molecular weight is 237 g/mol. The number of hydrogen-bond donors (Lipinski definition) is 3. The van der Waals surface area contributed by atoms with Crippen LogP contribution in [0.5, 0.6) is 0 Å². The van der Waals surface area contributed by atoms with Crippen molar-refractivity contribution in [1.29, 1.82) is 0 Å². The fraction of sp³-hybridized carbons (Fsp3) is 0.462. The van der Waals surface area contributed by atoms with Gasteiger partial charge in [0.25, 0.3) is 0 Å². The lowest BCUT2D eigenvalue weighted by atomic mass is 9.98. The van der Waals surface area contributed by atoms with Gasteiger partial charge in [-0.15, -0.1) is 0 Å². The predicted octanol–water partition coefficient (Wildman–Crippen LogP) is 1.04. The van der Waals surface area contributed by atoms with E-state index in [0.29, 0.717) is 19.5 Å². The highest BCUT2D eigenvalue weighted by atomic mass is 16.4. The number of piperidine rings is 1. The molecule has 0 saturated carbocycles. The predicted molar refractivity (Wildman–Crippen MR) is 65.8 cm³/mol. The highest BCUT2D eigenvalue weighted by molar-refractivity contribution is 5.70. The third-order valence-corrected chi connectivity index (χ3v) is 2.62. The van der Waals surface area contributed by atoms with Gasteiger partial charge < -0.3 is 15.5 Å². The molecule has 4 nitrogen and oxygen atoms in total. The molecular weight excluding hydrogens is 218 g/mol. The molecule has 0 spiro atoms. The summed E-state index contributed by atoms with van der Waals surface area (Å²) in [4.78, 5) is 10.3. The number of rotatable bonds is 1. The maximum absolute atomic E-state index is 10.3. The van der Waals surface area contributed by atoms with Gasteiger partial charge in [0.05, 0.1) is 12.0 Å². The molecule has 17 heavy (non-hydrogen) atoms. The van der Waals surface area contributed by atoms with Gasteiger partial charge in [-0.1, -0.05) is 35.9 Å². The van der Waals surface area contributed by atoms with Crippen LogP contribution < -0.4 is 5.32 Å². The average Bonchev–Trinajstić information content (AvgIpc) is 2.31. The normalized spacial score (nSPS) is 23.4. The molecule has 0 radical (unpaired) electrons. The Morgan fingerprint density at radius 1 is 1.29 bits per heavy atom. The van der Waals surface area contributed by atoms with Crippen molar-refractivity contribution >= 4 is 5.97 Å². The zero-order chi connectivity index (χ0) is 12.7. The van der Waals surface area contributed by atoms with E-state index in [4.69, 9.17) is 10.2 Å². The number of carboxylic acids is 1. The van der Waals surface area contributed by atoms with Gasteiger partial charge in [0.1, 0.15) is 0 Å². The minimum Gasteiger partial charge on any atom is -0.481 e. The number of aryl methyl sites for hydroxylation is 1. The van der Waals surface area contributed by atoms with Crippen LogP contribution in [0.4, 0.5) is 0 Å². The standard InChI is InChI=1S/C7H8.C6H11NO3/c1-7-5-3-2-4-6-7;8-5-1-4(6(9)10)2-7-3-5/h2-6H,1H3;4-5,7-8H,1-3H2,(H,9,10). The van der Waals surface area contributed by atoms with Crippen LogP contribution in [0.1, 0.15) is 12.0 Å². The Morgan fingerprint density at radius 2 is 1.94 bits per heavy atom. The fourth-order valence-corrected chi connectivity index (χ4v) is 1.64. The highest BCUT2D eigenvalue weighted by Gasteiger charge is 2.24. The SMILES string of the molecule is Cc1ccccc1.O=C(O)C1CNCC(O)C1. The van der Waals surface area contributed by atoms with Gasteiger partial charge in [0.15, 0.2) is 0 Å². The summed E-state index contributed by atoms with van der Waals surface area (Å²) in [6.07, 6.45) is -0.114. The summed E-state index contributed by atoms with van der Waals surface area (Å²) >= 11 is 0. The van der Waals surface area contributed by atoms with E-state index in [1.807, 2.05) is 18.2 Å². The lowest BCUT2D eigenvalue weighted by Gasteiger charge is -2.23. The Bertz CT molecular complexity index is 340. The van der Waals surface area contributed by atoms with Crippen molar-refractivity contribution in [2.45, 2.75) is 19.4 Å². The first kappa shape index (κ1) is 13.7. The quantitative estimate of drug-likeness (QED) is 0.682. The molecule has 0 amide bonds. The molecule has 0 aliphatic carbocycles. The number of β-amino-alcohol motifs (C(OH)–C–C–N with tert-alkyl or cyclic N) is 1. The van der Waals surface area contributed by atoms with Crippen LogP contribution in [0, 0.1) is 12.8 Å². The monoisotopic (exact) mass is 237 g/mol. The molecule has 1 aromatic rings. The van der Waals surface area contributed by atoms with Gasteiger partial charge in [-0.2, -0.15) is 0 Å². The van der Waals surface area contributed by atoms with Crippen molar-refractivity contribution in [1.82, 2.24) is 5.32 Å². The van der Waals surface area contributed by atoms with Crippen LogP contribution in [0.15, 0.2) is 30.3 Å². The van der Waals surface area contributed by atoms with Crippen LogP contribution in [0.25, 0.3) is 0 Å². The summed E-state index contributed by atoms with van der Waals surface area (Å²) in [5.41, 5.74) is 1.32. The molecule has 1 fully saturated rings. The van der Waals surface area contributed by atoms with E-state index in [9.17, 15) is 4.79 Å². The van der Waals surface area contributed by atoms with Gasteiger partial charge >= 0.3 is 5.97 Å². The van der Waals surface area contributed by atoms with Crippen molar-refractivity contribution in [2.24, 2.45) is 5.92 Å². The molecule has 1 aliphatic rings. The summed E-state index contributed by atoms with van der Waals surface area (Å²) < 4.78 is 0. The van der Waals surface area contributed by atoms with Crippen LogP contribution in [0.3, 0.4) is 0 Å². The van der Waals surface area contributed by atoms with Gasteiger partial charge in [-0.25, -0.2) is 0 Å². The number of benzene rings is 1. The topological polar surface area (TPSA) is 69.6 Å². The van der Waals surface area contributed by atoms with Crippen LogP contribution >= 0.6 is 0 Å². The second kappa shape index (κ2) is 7.04. The lowest BCUT2D eigenvalue weighted by molar-refractivity contribution is -0.143. The molecule has 2 atom stereocenters. The molecule has 2 rings (SSSR count). The maximum atomic E-state index is 10.3. The zero-order valence-electron chi connectivity index (χ0n) is 9.97. The van der Waals surface area contributed by atoms with E-state index >= 15 is 0 Å². The summed E-state index contributed by atoms with van der Waals surface area (Å²) in [5, 5.41) is 20.3. The number of aliphatic hydroxyl groups excluding tert-OH is 1. The van der Waals surface area contributed by atoms with Crippen molar-refractivity contribution in [2.75, 3.05) is 13.1 Å². The minimum atomic E-state index is -0.828. The molecule has 2 unspecified atom stereocenters. The molecule has 1 saturated heterocycles. The second-order valence-corrected chi connectivity index (χ2v) is 4.24. The molecule has 0 bridgehead atoms. The van der Waals surface area contributed by atoms with Gasteiger partial charge in [0, 0.05) is 13.1 Å². The van der Waals surface area contributed by atoms with E-state index in [-0.39, 0.29) is 0 Å². The van der Waals surface area contributed by atoms with Crippen molar-refractivity contribution in [3.63, 3.8) is 0 Å². The molecule has 1 heterocycles. The van der Waals surface area contributed by atoms with E-state index < -0.39 is 18.0 Å². The smallest absolute Gasteiger partial charge is 0.307 e. The van der Waals surface area contributed by atoms with E-state index in [2.05, 4.69) is 24.4 Å². The summed E-state index contributed by atoms with van der Waals surface area (Å²) in [7, 11) is 0. The van der Waals surface area contributed by atoms with Crippen LogP contribution in [-0.4, -0.2) is 35.4 Å². The number of carboxylic acid groups (broad SMARTS) is 1. The Labute approximate surface area is 101 Å². The minimum absolute atomic E-state index is 0.377. The third-order valence-electron chi connectivity index (χ3n) is 2.62. The highest BCUT2D eigenvalue weighted by Crippen LogP contribution is 2.09. The van der Waals surface area contributed by atoms with E-state index in [0.717, 1.165) is 0 Å². The first-order valence-corrected chi connectivity index (χ1v) is 5.73. The van der Waals surface area contributed by atoms with Crippen LogP contribution in [-0.2, 0) is 4.79 Å². The van der Waals surface area contributed by atoms with E-state index in [1.54, 1.807) is 0 Å². The molecule has 94 valence electrons. The molecule has 0 aromatic heterocycles. The largest absolute Gasteiger partial charge is 0.481 e. The molecular formula is C13H19NO3. The summed E-state index contributed by atoms with van der Waals surface area (Å²) in [6, 6.07) is 10.3. The lowest BCUT2D eigenvalue weighted by Crippen LogP contribution is -2.42. The number of aliphatic hydroxyl groups is 1. The summed E-state index contributed by atoms with van der Waals surface area (Å²) in [5.74, 6) is -1.24. The summed E-state index contributed by atoms with van der Waals surface area (Å²) in [6.45, 7) is 3.08. The molecule has 3 N–H and O–H groups in total. The van der Waals surface area contributed by atoms with Crippen LogP contribution in [0.2, 0.25) is 0 Å². The number of hydrogen-bond acceptors (Lipinski definition) is 3. The molecule has 1 aliphatic heterocycles. The Morgan fingerprint density at radius 3 is 2.29 bits per heavy atom. The molecule has 1 aromatic carbocycles. The van der Waals surface area contributed by atoms with Crippen molar-refractivity contribution in [3.05, 3.63) is 35.9 Å². The van der Waals surface area contributed by atoms with Gasteiger partial charge in [-0.3, -0.25) is 4.79 Å². The Hall–Kier alpha value is -1.39.